The topological polar surface area (TPSA) is 44.6 Å². The summed E-state index contributed by atoms with van der Waals surface area (Å²) in [5.41, 5.74) is 2.13. The molecule has 0 radical (unpaired) electrons. The van der Waals surface area contributed by atoms with Crippen molar-refractivity contribution >= 4 is 17.5 Å². The standard InChI is InChI=1S/C18H30ClN5O/c1-15-16(18(19)21(2)20-15)13-22-9-11-23(12-10-22)14-17(25)24-7-5-3-4-6-8-24/h3-14H2,1-2H3. The molecule has 0 aromatic carbocycles. The minimum absolute atomic E-state index is 0.307. The molecule has 0 atom stereocenters. The van der Waals surface area contributed by atoms with Crippen LogP contribution < -0.4 is 0 Å². The third-order valence-corrected chi connectivity index (χ3v) is 5.91. The lowest BCUT2D eigenvalue weighted by Crippen LogP contribution is -2.49. The largest absolute Gasteiger partial charge is 0.342 e. The number of hydrogen-bond donors (Lipinski definition) is 0. The summed E-state index contributed by atoms with van der Waals surface area (Å²) in [6.07, 6.45) is 4.84. The fourth-order valence-electron chi connectivity index (χ4n) is 3.79. The van der Waals surface area contributed by atoms with E-state index in [4.69, 9.17) is 11.6 Å². The molecule has 25 heavy (non-hydrogen) atoms. The fraction of sp³-hybridized carbons (Fsp3) is 0.778. The second-order valence-corrected chi connectivity index (χ2v) is 7.68. The molecule has 0 spiro atoms. The number of halogens is 1. The minimum Gasteiger partial charge on any atom is -0.342 e. The van der Waals surface area contributed by atoms with E-state index in [1.54, 1.807) is 4.68 Å². The molecule has 6 nitrogen and oxygen atoms in total. The van der Waals surface area contributed by atoms with Crippen LogP contribution in [-0.4, -0.2) is 76.2 Å². The highest BCUT2D eigenvalue weighted by molar-refractivity contribution is 6.30. The molecule has 1 amide bonds. The number of aromatic nitrogens is 2. The smallest absolute Gasteiger partial charge is 0.236 e. The Morgan fingerprint density at radius 3 is 2.16 bits per heavy atom. The second-order valence-electron chi connectivity index (χ2n) is 7.33. The summed E-state index contributed by atoms with van der Waals surface area (Å²) in [6.45, 7) is 9.13. The molecule has 3 heterocycles. The first-order valence-electron chi connectivity index (χ1n) is 9.45. The van der Waals surface area contributed by atoms with E-state index in [2.05, 4.69) is 19.8 Å². The summed E-state index contributed by atoms with van der Waals surface area (Å²) in [5, 5.41) is 5.12. The van der Waals surface area contributed by atoms with Crippen LogP contribution in [0.4, 0.5) is 0 Å². The number of piperazine rings is 1. The van der Waals surface area contributed by atoms with Gasteiger partial charge in [-0.05, 0) is 19.8 Å². The van der Waals surface area contributed by atoms with Gasteiger partial charge in [-0.2, -0.15) is 5.10 Å². The van der Waals surface area contributed by atoms with E-state index in [1.165, 1.54) is 12.8 Å². The lowest BCUT2D eigenvalue weighted by atomic mass is 10.2. The molecule has 0 bridgehead atoms. The highest BCUT2D eigenvalue weighted by Crippen LogP contribution is 2.21. The van der Waals surface area contributed by atoms with E-state index in [-0.39, 0.29) is 0 Å². The van der Waals surface area contributed by atoms with Crippen LogP contribution in [0.5, 0.6) is 0 Å². The SMILES string of the molecule is Cc1nn(C)c(Cl)c1CN1CCN(CC(=O)N2CCCCCC2)CC1. The summed E-state index contributed by atoms with van der Waals surface area (Å²) in [7, 11) is 1.88. The first kappa shape index (κ1) is 18.7. The molecule has 0 saturated carbocycles. The minimum atomic E-state index is 0.307. The van der Waals surface area contributed by atoms with Crippen molar-refractivity contribution in [3.8, 4) is 0 Å². The molecule has 0 aliphatic carbocycles. The molecule has 1 aromatic rings. The van der Waals surface area contributed by atoms with Crippen LogP contribution in [0.25, 0.3) is 0 Å². The van der Waals surface area contributed by atoms with Crippen molar-refractivity contribution in [1.82, 2.24) is 24.5 Å². The molecule has 3 rings (SSSR count). The summed E-state index contributed by atoms with van der Waals surface area (Å²) in [6, 6.07) is 0. The summed E-state index contributed by atoms with van der Waals surface area (Å²) in [5.74, 6) is 0.307. The Labute approximate surface area is 155 Å². The van der Waals surface area contributed by atoms with E-state index >= 15 is 0 Å². The van der Waals surface area contributed by atoms with Gasteiger partial charge in [0.1, 0.15) is 5.15 Å². The molecule has 7 heteroatoms. The quantitative estimate of drug-likeness (QED) is 0.815. The molecule has 0 unspecified atom stereocenters. The zero-order chi connectivity index (χ0) is 17.8. The van der Waals surface area contributed by atoms with Gasteiger partial charge >= 0.3 is 0 Å². The van der Waals surface area contributed by atoms with Crippen LogP contribution >= 0.6 is 11.6 Å². The monoisotopic (exact) mass is 367 g/mol. The van der Waals surface area contributed by atoms with E-state index in [9.17, 15) is 4.79 Å². The average Bonchev–Trinajstić information content (AvgIpc) is 2.82. The molecule has 1 aromatic heterocycles. The Kier molecular flexibility index (Phi) is 6.36. The third kappa shape index (κ3) is 4.74. The molecule has 2 fully saturated rings. The number of nitrogens with zero attached hydrogens (tertiary/aromatic N) is 5. The van der Waals surface area contributed by atoms with Crippen LogP contribution in [0.2, 0.25) is 5.15 Å². The van der Waals surface area contributed by atoms with Gasteiger partial charge in [-0.25, -0.2) is 0 Å². The van der Waals surface area contributed by atoms with Crippen molar-refractivity contribution in [2.75, 3.05) is 45.8 Å². The summed E-state index contributed by atoms with van der Waals surface area (Å²) in [4.78, 5) is 19.3. The Hall–Kier alpha value is -1.11. The van der Waals surface area contributed by atoms with E-state index in [1.807, 2.05) is 14.0 Å². The number of aryl methyl sites for hydroxylation is 2. The molecule has 2 aliphatic rings. The molecule has 2 saturated heterocycles. The summed E-state index contributed by atoms with van der Waals surface area (Å²) < 4.78 is 1.74. The predicted octanol–water partition coefficient (Wildman–Crippen LogP) is 1.90. The van der Waals surface area contributed by atoms with Crippen molar-refractivity contribution < 1.29 is 4.79 Å². The lowest BCUT2D eigenvalue weighted by Gasteiger charge is -2.35. The van der Waals surface area contributed by atoms with Gasteiger partial charge in [0.2, 0.25) is 5.91 Å². The molecular formula is C18H30ClN5O. The normalized spacial score (nSPS) is 20.7. The molecule has 0 N–H and O–H groups in total. The van der Waals surface area contributed by atoms with Gasteiger partial charge in [-0.15, -0.1) is 0 Å². The predicted molar refractivity (Wildman–Crippen MR) is 99.7 cm³/mol. The first-order valence-corrected chi connectivity index (χ1v) is 9.83. The maximum absolute atomic E-state index is 12.5. The highest BCUT2D eigenvalue weighted by Gasteiger charge is 2.23. The highest BCUT2D eigenvalue weighted by atomic mass is 35.5. The van der Waals surface area contributed by atoms with Gasteiger partial charge in [0.05, 0.1) is 12.2 Å². The number of likely N-dealkylation sites (tertiary alicyclic amines) is 1. The van der Waals surface area contributed by atoms with Crippen molar-refractivity contribution in [2.24, 2.45) is 7.05 Å². The average molecular weight is 368 g/mol. The Balaban J connectivity index is 1.46. The van der Waals surface area contributed by atoms with Crippen LogP contribution in [0.1, 0.15) is 36.9 Å². The van der Waals surface area contributed by atoms with Crippen molar-refractivity contribution in [1.29, 1.82) is 0 Å². The number of rotatable bonds is 4. The molecule has 2 aliphatic heterocycles. The van der Waals surface area contributed by atoms with E-state index in [0.29, 0.717) is 12.5 Å². The Morgan fingerprint density at radius 1 is 1.00 bits per heavy atom. The van der Waals surface area contributed by atoms with Crippen LogP contribution in [0, 0.1) is 6.92 Å². The summed E-state index contributed by atoms with van der Waals surface area (Å²) >= 11 is 6.34. The van der Waals surface area contributed by atoms with Crippen molar-refractivity contribution in [3.63, 3.8) is 0 Å². The maximum Gasteiger partial charge on any atom is 0.236 e. The van der Waals surface area contributed by atoms with Crippen LogP contribution in [0.3, 0.4) is 0 Å². The van der Waals surface area contributed by atoms with Gasteiger partial charge in [0, 0.05) is 58.4 Å². The van der Waals surface area contributed by atoms with E-state index in [0.717, 1.165) is 75.1 Å². The van der Waals surface area contributed by atoms with Crippen LogP contribution in [-0.2, 0) is 18.4 Å². The third-order valence-electron chi connectivity index (χ3n) is 5.43. The van der Waals surface area contributed by atoms with Crippen molar-refractivity contribution in [2.45, 2.75) is 39.2 Å². The second kappa shape index (κ2) is 8.52. The van der Waals surface area contributed by atoms with Gasteiger partial charge in [0.25, 0.3) is 0 Å². The zero-order valence-electron chi connectivity index (χ0n) is 15.5. The fourth-order valence-corrected chi connectivity index (χ4v) is 4.03. The maximum atomic E-state index is 12.5. The van der Waals surface area contributed by atoms with Gasteiger partial charge in [0.15, 0.2) is 0 Å². The van der Waals surface area contributed by atoms with Gasteiger partial charge in [-0.1, -0.05) is 24.4 Å². The lowest BCUT2D eigenvalue weighted by molar-refractivity contribution is -0.132. The van der Waals surface area contributed by atoms with Gasteiger partial charge < -0.3 is 4.90 Å². The van der Waals surface area contributed by atoms with Crippen LogP contribution in [0.15, 0.2) is 0 Å². The number of hydrogen-bond acceptors (Lipinski definition) is 4. The van der Waals surface area contributed by atoms with E-state index < -0.39 is 0 Å². The first-order chi connectivity index (χ1) is 12.0. The van der Waals surface area contributed by atoms with Gasteiger partial charge in [-0.3, -0.25) is 19.3 Å². The molecular weight excluding hydrogens is 338 g/mol. The zero-order valence-corrected chi connectivity index (χ0v) is 16.3. The molecule has 140 valence electrons. The number of carbonyl (C=O) groups is 1. The number of carbonyl (C=O) groups excluding carboxylic acids is 1. The Morgan fingerprint density at radius 2 is 1.60 bits per heavy atom. The number of amides is 1. The Bertz CT molecular complexity index is 587. The van der Waals surface area contributed by atoms with Crippen molar-refractivity contribution in [3.05, 3.63) is 16.4 Å².